The van der Waals surface area contributed by atoms with Crippen LogP contribution in [0.4, 0.5) is 19.7 Å². The topological polar surface area (TPSA) is 100 Å². The Morgan fingerprint density at radius 3 is 2.32 bits per heavy atom. The molecule has 2 aromatic rings. The van der Waals surface area contributed by atoms with E-state index < -0.39 is 21.7 Å². The van der Waals surface area contributed by atoms with E-state index in [4.69, 9.17) is 5.73 Å². The summed E-state index contributed by atoms with van der Waals surface area (Å²) in [5.74, 6) is -0.787. The van der Waals surface area contributed by atoms with Gasteiger partial charge >= 0.3 is 0 Å². The number of hydrogen-bond acceptors (Lipinski definition) is 7. The molecule has 7 nitrogen and oxygen atoms in total. The standard InChI is InChI=1S/C26H39F2N5O2S2/c27-22-10-6-11-23(28)21(22)18-24-25(29)32-26(36-24)31-20-12-15-33(16-13-20)37(34,35)17-7-14-30-19-8-4-2-1-3-5-9-19/h6,10-11,19-20,30H,1-5,7-9,12-18,29H2,(H,31,32). The average Bonchev–Trinajstić information content (AvgIpc) is 3.19. The van der Waals surface area contributed by atoms with Crippen molar-refractivity contribution in [1.29, 1.82) is 0 Å². The van der Waals surface area contributed by atoms with Crippen LogP contribution in [-0.4, -0.2) is 55.2 Å². The van der Waals surface area contributed by atoms with Gasteiger partial charge in [-0.3, -0.25) is 0 Å². The van der Waals surface area contributed by atoms with Gasteiger partial charge in [0, 0.05) is 37.2 Å². The maximum Gasteiger partial charge on any atom is 0.214 e. The zero-order valence-electron chi connectivity index (χ0n) is 21.4. The second kappa shape index (κ2) is 13.3. The van der Waals surface area contributed by atoms with E-state index in [1.807, 2.05) is 0 Å². The van der Waals surface area contributed by atoms with Gasteiger partial charge in [-0.2, -0.15) is 0 Å². The number of nitrogens with one attached hydrogen (secondary N) is 2. The number of anilines is 2. The van der Waals surface area contributed by atoms with E-state index in [-0.39, 0.29) is 29.6 Å². The Bertz CT molecular complexity index is 1090. The Hall–Kier alpha value is -1.82. The molecular weight excluding hydrogens is 516 g/mol. The summed E-state index contributed by atoms with van der Waals surface area (Å²) in [6.45, 7) is 1.67. The molecule has 0 spiro atoms. The van der Waals surface area contributed by atoms with Gasteiger partial charge in [0.25, 0.3) is 0 Å². The minimum atomic E-state index is -3.28. The number of thiazole rings is 1. The van der Waals surface area contributed by atoms with Crippen LogP contribution in [0.15, 0.2) is 18.2 Å². The van der Waals surface area contributed by atoms with Crippen molar-refractivity contribution in [3.63, 3.8) is 0 Å². The number of hydrogen-bond donors (Lipinski definition) is 3. The first-order chi connectivity index (χ1) is 17.8. The zero-order chi connectivity index (χ0) is 26.3. The summed E-state index contributed by atoms with van der Waals surface area (Å²) in [5, 5.41) is 7.50. The van der Waals surface area contributed by atoms with Crippen LogP contribution < -0.4 is 16.4 Å². The molecule has 206 valence electrons. The van der Waals surface area contributed by atoms with Crippen LogP contribution in [0.25, 0.3) is 0 Å². The summed E-state index contributed by atoms with van der Waals surface area (Å²) in [7, 11) is -3.28. The van der Waals surface area contributed by atoms with Gasteiger partial charge in [0.15, 0.2) is 5.13 Å². The molecule has 2 aliphatic rings. The summed E-state index contributed by atoms with van der Waals surface area (Å²) in [4.78, 5) is 4.93. The fourth-order valence-electron chi connectivity index (χ4n) is 5.22. The Labute approximate surface area is 223 Å². The maximum absolute atomic E-state index is 14.0. The van der Waals surface area contributed by atoms with Crippen molar-refractivity contribution >= 4 is 32.3 Å². The maximum atomic E-state index is 14.0. The number of piperidine rings is 1. The molecule has 0 atom stereocenters. The van der Waals surface area contributed by atoms with Crippen molar-refractivity contribution in [3.8, 4) is 0 Å². The molecule has 0 amide bonds. The molecule has 1 saturated carbocycles. The molecule has 1 aromatic carbocycles. The van der Waals surface area contributed by atoms with E-state index in [1.165, 1.54) is 74.5 Å². The van der Waals surface area contributed by atoms with Crippen molar-refractivity contribution in [3.05, 3.63) is 40.3 Å². The van der Waals surface area contributed by atoms with E-state index in [0.717, 1.165) is 6.54 Å². The highest BCUT2D eigenvalue weighted by Crippen LogP contribution is 2.30. The first-order valence-corrected chi connectivity index (χ1v) is 15.9. The van der Waals surface area contributed by atoms with Crippen LogP contribution in [-0.2, 0) is 16.4 Å². The van der Waals surface area contributed by atoms with Crippen LogP contribution in [0.2, 0.25) is 0 Å². The van der Waals surface area contributed by atoms with Crippen LogP contribution >= 0.6 is 11.3 Å². The molecule has 1 aliphatic carbocycles. The molecule has 4 N–H and O–H groups in total. The number of aromatic nitrogens is 1. The van der Waals surface area contributed by atoms with Gasteiger partial charge in [0.2, 0.25) is 10.0 Å². The molecular formula is C26H39F2N5O2S2. The van der Waals surface area contributed by atoms with Crippen molar-refractivity contribution in [2.45, 2.75) is 82.7 Å². The lowest BCUT2D eigenvalue weighted by Gasteiger charge is -2.31. The fraction of sp³-hybridized carbons (Fsp3) is 0.654. The molecule has 1 saturated heterocycles. The number of nitrogens with two attached hydrogens (primary N) is 1. The minimum Gasteiger partial charge on any atom is -0.383 e. The minimum absolute atomic E-state index is 0.0252. The number of halogens is 2. The molecule has 0 unspecified atom stereocenters. The summed E-state index contributed by atoms with van der Waals surface area (Å²) in [5.41, 5.74) is 5.99. The van der Waals surface area contributed by atoms with Crippen LogP contribution in [0.5, 0.6) is 0 Å². The van der Waals surface area contributed by atoms with E-state index in [0.29, 0.717) is 48.4 Å². The van der Waals surface area contributed by atoms with Crippen LogP contribution in [0.3, 0.4) is 0 Å². The Kier molecular flexibility index (Phi) is 10.1. The number of benzene rings is 1. The van der Waals surface area contributed by atoms with Gasteiger partial charge in [-0.25, -0.2) is 26.5 Å². The van der Waals surface area contributed by atoms with Gasteiger partial charge < -0.3 is 16.4 Å². The Morgan fingerprint density at radius 1 is 1.00 bits per heavy atom. The van der Waals surface area contributed by atoms with E-state index >= 15 is 0 Å². The molecule has 2 heterocycles. The molecule has 1 aliphatic heterocycles. The summed E-state index contributed by atoms with van der Waals surface area (Å²) < 4.78 is 55.4. The van der Waals surface area contributed by atoms with Gasteiger partial charge in [-0.05, 0) is 50.8 Å². The van der Waals surface area contributed by atoms with Crippen molar-refractivity contribution in [1.82, 2.24) is 14.6 Å². The zero-order valence-corrected chi connectivity index (χ0v) is 23.0. The summed E-state index contributed by atoms with van der Waals surface area (Å²) >= 11 is 1.28. The average molecular weight is 556 g/mol. The van der Waals surface area contributed by atoms with Crippen molar-refractivity contribution in [2.24, 2.45) is 0 Å². The largest absolute Gasteiger partial charge is 0.383 e. The molecule has 0 bridgehead atoms. The predicted octanol–water partition coefficient (Wildman–Crippen LogP) is 4.89. The smallest absolute Gasteiger partial charge is 0.214 e. The van der Waals surface area contributed by atoms with E-state index in [9.17, 15) is 17.2 Å². The molecule has 2 fully saturated rings. The highest BCUT2D eigenvalue weighted by atomic mass is 32.2. The monoisotopic (exact) mass is 555 g/mol. The normalized spacial score (nSPS) is 19.0. The number of rotatable bonds is 10. The lowest BCUT2D eigenvalue weighted by Crippen LogP contribution is -2.43. The number of sulfonamides is 1. The Balaban J connectivity index is 1.20. The third-order valence-electron chi connectivity index (χ3n) is 7.42. The fourth-order valence-corrected chi connectivity index (χ4v) is 7.72. The second-order valence-corrected chi connectivity index (χ2v) is 13.4. The van der Waals surface area contributed by atoms with E-state index in [1.54, 1.807) is 4.31 Å². The van der Waals surface area contributed by atoms with Crippen LogP contribution in [0.1, 0.15) is 74.6 Å². The predicted molar refractivity (Wildman–Crippen MR) is 146 cm³/mol. The lowest BCUT2D eigenvalue weighted by atomic mass is 9.97. The van der Waals surface area contributed by atoms with Crippen LogP contribution in [0, 0.1) is 11.6 Å². The molecule has 0 radical (unpaired) electrons. The number of nitrogens with zero attached hydrogens (tertiary/aromatic N) is 2. The van der Waals surface area contributed by atoms with Crippen molar-refractivity contribution < 1.29 is 17.2 Å². The third kappa shape index (κ3) is 8.08. The second-order valence-electron chi connectivity index (χ2n) is 10.2. The lowest BCUT2D eigenvalue weighted by molar-refractivity contribution is 0.329. The first-order valence-electron chi connectivity index (χ1n) is 13.5. The molecule has 1 aromatic heterocycles. The third-order valence-corrected chi connectivity index (χ3v) is 10.4. The van der Waals surface area contributed by atoms with Gasteiger partial charge in [0.05, 0.1) is 10.6 Å². The van der Waals surface area contributed by atoms with Gasteiger partial charge in [-0.15, -0.1) is 0 Å². The SMILES string of the molecule is Nc1nc(NC2CCN(S(=O)(=O)CCCNC3CCCCCCC3)CC2)sc1Cc1c(F)cccc1F. The van der Waals surface area contributed by atoms with Gasteiger partial charge in [0.1, 0.15) is 17.5 Å². The molecule has 11 heteroatoms. The highest BCUT2D eigenvalue weighted by Gasteiger charge is 2.28. The summed E-state index contributed by atoms with van der Waals surface area (Å²) in [6.07, 6.45) is 10.9. The number of nitrogen functional groups attached to an aromatic ring is 1. The van der Waals surface area contributed by atoms with E-state index in [2.05, 4.69) is 15.6 Å². The Morgan fingerprint density at radius 2 is 1.65 bits per heavy atom. The molecule has 4 rings (SSSR count). The van der Waals surface area contributed by atoms with Gasteiger partial charge in [-0.1, -0.05) is 49.5 Å². The quantitative estimate of drug-likeness (QED) is 0.361. The molecule has 37 heavy (non-hydrogen) atoms. The first kappa shape index (κ1) is 28.2. The van der Waals surface area contributed by atoms with Crippen molar-refractivity contribution in [2.75, 3.05) is 36.4 Å². The summed E-state index contributed by atoms with van der Waals surface area (Å²) in [6, 6.07) is 4.38. The highest BCUT2D eigenvalue weighted by molar-refractivity contribution is 7.89.